The summed E-state index contributed by atoms with van der Waals surface area (Å²) in [7, 11) is 0. The Hall–Kier alpha value is -0.870. The first kappa shape index (κ1) is 13.8. The summed E-state index contributed by atoms with van der Waals surface area (Å²) < 4.78 is 0. The fourth-order valence-electron chi connectivity index (χ4n) is 4.31. The number of nitrogens with one attached hydrogen (secondary N) is 1. The Morgan fingerprint density at radius 2 is 2.05 bits per heavy atom. The molecule has 1 N–H and O–H groups in total. The molecule has 4 heteroatoms. The van der Waals surface area contributed by atoms with E-state index in [1.807, 2.05) is 0 Å². The van der Waals surface area contributed by atoms with Crippen LogP contribution in [0.5, 0.6) is 0 Å². The van der Waals surface area contributed by atoms with Crippen molar-refractivity contribution in [2.75, 3.05) is 6.54 Å². The van der Waals surface area contributed by atoms with Crippen LogP contribution >= 0.6 is 11.3 Å². The van der Waals surface area contributed by atoms with Gasteiger partial charge in [0.15, 0.2) is 0 Å². The van der Waals surface area contributed by atoms with Gasteiger partial charge in [0, 0.05) is 11.4 Å². The van der Waals surface area contributed by atoms with Crippen LogP contribution in [0.25, 0.3) is 0 Å². The summed E-state index contributed by atoms with van der Waals surface area (Å²) in [5, 5.41) is 5.84. The standard InChI is InChI=1S/C17H24N2OS/c1-16(7-5-8-16)12-19-14(13-6-4-11-21-13)18-17(15(19)20)9-2-3-10-17/h4,6,11,14,18H,2-3,5,7-10,12H2,1H3. The average molecular weight is 304 g/mol. The molecule has 3 fully saturated rings. The Morgan fingerprint density at radius 3 is 2.62 bits per heavy atom. The molecule has 114 valence electrons. The van der Waals surface area contributed by atoms with E-state index in [2.05, 4.69) is 34.7 Å². The molecule has 4 rings (SSSR count). The molecule has 1 amide bonds. The first-order valence-corrected chi connectivity index (χ1v) is 9.12. The van der Waals surface area contributed by atoms with Gasteiger partial charge in [-0.05, 0) is 42.5 Å². The van der Waals surface area contributed by atoms with Gasteiger partial charge < -0.3 is 4.90 Å². The lowest BCUT2D eigenvalue weighted by Gasteiger charge is -2.42. The van der Waals surface area contributed by atoms with Crippen LogP contribution in [0.4, 0.5) is 0 Å². The molecule has 1 aromatic heterocycles. The second kappa shape index (κ2) is 4.82. The molecule has 21 heavy (non-hydrogen) atoms. The number of thiophene rings is 1. The van der Waals surface area contributed by atoms with Crippen molar-refractivity contribution in [1.29, 1.82) is 0 Å². The average Bonchev–Trinajstić information content (AvgIpc) is 3.14. The van der Waals surface area contributed by atoms with E-state index in [0.29, 0.717) is 11.3 Å². The highest BCUT2D eigenvalue weighted by atomic mass is 32.1. The second-order valence-electron chi connectivity index (χ2n) is 7.45. The normalized spacial score (nSPS) is 30.0. The summed E-state index contributed by atoms with van der Waals surface area (Å²) in [6, 6.07) is 4.26. The van der Waals surface area contributed by atoms with Gasteiger partial charge in [0.25, 0.3) is 0 Å². The molecule has 3 aliphatic rings. The molecule has 2 heterocycles. The molecule has 1 saturated heterocycles. The Bertz CT molecular complexity index is 529. The van der Waals surface area contributed by atoms with Gasteiger partial charge in [0.2, 0.25) is 5.91 Å². The molecule has 2 aliphatic carbocycles. The van der Waals surface area contributed by atoms with Crippen molar-refractivity contribution >= 4 is 17.2 Å². The number of carbonyl (C=O) groups is 1. The summed E-state index contributed by atoms with van der Waals surface area (Å²) in [5.74, 6) is 0.367. The molecule has 0 bridgehead atoms. The predicted molar refractivity (Wildman–Crippen MR) is 85.1 cm³/mol. The Kier molecular flexibility index (Phi) is 3.16. The van der Waals surface area contributed by atoms with Crippen molar-refractivity contribution in [3.05, 3.63) is 22.4 Å². The predicted octanol–water partition coefficient (Wildman–Crippen LogP) is 3.68. The van der Waals surface area contributed by atoms with Crippen molar-refractivity contribution in [2.24, 2.45) is 5.41 Å². The van der Waals surface area contributed by atoms with Crippen molar-refractivity contribution < 1.29 is 4.79 Å². The highest BCUT2D eigenvalue weighted by Crippen LogP contribution is 2.47. The molecule has 1 unspecified atom stereocenters. The van der Waals surface area contributed by atoms with Crippen LogP contribution in [0.3, 0.4) is 0 Å². The smallest absolute Gasteiger partial charge is 0.244 e. The maximum atomic E-state index is 13.1. The Labute approximate surface area is 130 Å². The minimum Gasteiger partial charge on any atom is -0.320 e. The number of nitrogens with zero attached hydrogens (tertiary/aromatic N) is 1. The van der Waals surface area contributed by atoms with Crippen LogP contribution in [0, 0.1) is 5.41 Å². The number of amides is 1. The SMILES string of the molecule is CC1(CN2C(=O)C3(CCCC3)NC2c2cccs2)CCC1. The summed E-state index contributed by atoms with van der Waals surface area (Å²) in [6.07, 6.45) is 8.35. The number of hydrogen-bond acceptors (Lipinski definition) is 3. The first-order valence-electron chi connectivity index (χ1n) is 8.24. The van der Waals surface area contributed by atoms with Gasteiger partial charge in [-0.1, -0.05) is 32.3 Å². The van der Waals surface area contributed by atoms with E-state index in [9.17, 15) is 4.79 Å². The molecule has 1 aromatic rings. The molecule has 0 radical (unpaired) electrons. The van der Waals surface area contributed by atoms with Gasteiger partial charge in [-0.15, -0.1) is 11.3 Å². The van der Waals surface area contributed by atoms with E-state index in [-0.39, 0.29) is 11.7 Å². The maximum Gasteiger partial charge on any atom is 0.244 e. The molecular weight excluding hydrogens is 280 g/mol. The second-order valence-corrected chi connectivity index (χ2v) is 8.43. The monoisotopic (exact) mass is 304 g/mol. The lowest BCUT2D eigenvalue weighted by Crippen LogP contribution is -2.46. The fraction of sp³-hybridized carbons (Fsp3) is 0.706. The third kappa shape index (κ3) is 2.15. The molecular formula is C17H24N2OS. The largest absolute Gasteiger partial charge is 0.320 e. The lowest BCUT2D eigenvalue weighted by atomic mass is 9.70. The third-order valence-electron chi connectivity index (χ3n) is 5.78. The van der Waals surface area contributed by atoms with Gasteiger partial charge >= 0.3 is 0 Å². The van der Waals surface area contributed by atoms with Crippen molar-refractivity contribution in [2.45, 2.75) is 63.6 Å². The van der Waals surface area contributed by atoms with Gasteiger partial charge in [-0.25, -0.2) is 0 Å². The zero-order valence-corrected chi connectivity index (χ0v) is 13.5. The molecule has 1 aliphatic heterocycles. The summed E-state index contributed by atoms with van der Waals surface area (Å²) >= 11 is 1.76. The number of hydrogen-bond donors (Lipinski definition) is 1. The topological polar surface area (TPSA) is 32.3 Å². The molecule has 2 saturated carbocycles. The lowest BCUT2D eigenvalue weighted by molar-refractivity contribution is -0.135. The van der Waals surface area contributed by atoms with E-state index in [1.54, 1.807) is 11.3 Å². The minimum atomic E-state index is -0.255. The zero-order chi connectivity index (χ0) is 14.5. The van der Waals surface area contributed by atoms with E-state index in [4.69, 9.17) is 0 Å². The summed E-state index contributed by atoms with van der Waals surface area (Å²) in [5.41, 5.74) is 0.0890. The minimum absolute atomic E-state index is 0.105. The summed E-state index contributed by atoms with van der Waals surface area (Å²) in [6.45, 7) is 3.26. The van der Waals surface area contributed by atoms with Crippen LogP contribution in [0.2, 0.25) is 0 Å². The molecule has 1 spiro atoms. The molecule has 1 atom stereocenters. The van der Waals surface area contributed by atoms with Gasteiger partial charge in [0.1, 0.15) is 6.17 Å². The Balaban J connectivity index is 1.64. The quantitative estimate of drug-likeness (QED) is 0.924. The van der Waals surface area contributed by atoms with E-state index >= 15 is 0 Å². The van der Waals surface area contributed by atoms with E-state index in [1.165, 1.54) is 37.0 Å². The highest BCUT2D eigenvalue weighted by molar-refractivity contribution is 7.10. The third-order valence-corrected chi connectivity index (χ3v) is 6.70. The number of rotatable bonds is 3. The van der Waals surface area contributed by atoms with Crippen LogP contribution in [-0.4, -0.2) is 22.9 Å². The van der Waals surface area contributed by atoms with Gasteiger partial charge in [-0.3, -0.25) is 10.1 Å². The molecule has 3 nitrogen and oxygen atoms in total. The first-order chi connectivity index (χ1) is 10.1. The van der Waals surface area contributed by atoms with Gasteiger partial charge in [-0.2, -0.15) is 0 Å². The van der Waals surface area contributed by atoms with Crippen LogP contribution in [-0.2, 0) is 4.79 Å². The zero-order valence-electron chi connectivity index (χ0n) is 12.7. The maximum absolute atomic E-state index is 13.1. The molecule has 0 aromatic carbocycles. The van der Waals surface area contributed by atoms with Gasteiger partial charge in [0.05, 0.1) is 5.54 Å². The van der Waals surface area contributed by atoms with E-state index < -0.39 is 0 Å². The van der Waals surface area contributed by atoms with Crippen molar-refractivity contribution in [3.63, 3.8) is 0 Å². The Morgan fingerprint density at radius 1 is 1.29 bits per heavy atom. The summed E-state index contributed by atoms with van der Waals surface area (Å²) in [4.78, 5) is 16.6. The van der Waals surface area contributed by atoms with E-state index in [0.717, 1.165) is 19.4 Å². The highest BCUT2D eigenvalue weighted by Gasteiger charge is 2.54. The van der Waals surface area contributed by atoms with Crippen LogP contribution in [0.1, 0.15) is 62.9 Å². The van der Waals surface area contributed by atoms with Crippen molar-refractivity contribution in [1.82, 2.24) is 10.2 Å². The van der Waals surface area contributed by atoms with Crippen molar-refractivity contribution in [3.8, 4) is 0 Å². The number of carbonyl (C=O) groups excluding carboxylic acids is 1. The van der Waals surface area contributed by atoms with Crippen LogP contribution < -0.4 is 5.32 Å². The fourth-order valence-corrected chi connectivity index (χ4v) is 5.10. The van der Waals surface area contributed by atoms with Crippen LogP contribution in [0.15, 0.2) is 17.5 Å².